The fraction of sp³-hybridized carbons (Fsp3) is 0.250. The van der Waals surface area contributed by atoms with Gasteiger partial charge in [-0.05, 0) is 24.3 Å². The lowest BCUT2D eigenvalue weighted by Gasteiger charge is -2.19. The van der Waals surface area contributed by atoms with Gasteiger partial charge in [0.05, 0.1) is 0 Å². The Bertz CT molecular complexity index is 331. The minimum absolute atomic E-state index is 0.216. The first-order valence-electron chi connectivity index (χ1n) is 3.37. The molecule has 0 aliphatic carbocycles. The van der Waals surface area contributed by atoms with Gasteiger partial charge in [0, 0.05) is 10.6 Å². The van der Waals surface area contributed by atoms with Crippen LogP contribution in [0.15, 0.2) is 18.2 Å². The lowest BCUT2D eigenvalue weighted by molar-refractivity contribution is -0.289. The third-order valence-corrected chi connectivity index (χ3v) is 1.69. The number of hydrogen-bond acceptors (Lipinski definition) is 0. The highest BCUT2D eigenvalue weighted by molar-refractivity contribution is 6.30. The zero-order valence-electron chi connectivity index (χ0n) is 6.50. The van der Waals surface area contributed by atoms with Crippen LogP contribution in [0.4, 0.5) is 22.0 Å². The van der Waals surface area contributed by atoms with Gasteiger partial charge in [-0.25, -0.2) is 0 Å². The van der Waals surface area contributed by atoms with Gasteiger partial charge in [-0.15, -0.1) is 0 Å². The van der Waals surface area contributed by atoms with Gasteiger partial charge in [0.1, 0.15) is 0 Å². The predicted molar refractivity (Wildman–Crippen MR) is 40.2 cm³/mol. The van der Waals surface area contributed by atoms with Crippen molar-refractivity contribution in [1.82, 2.24) is 0 Å². The van der Waals surface area contributed by atoms with Crippen LogP contribution in [0.5, 0.6) is 0 Å². The second-order valence-electron chi connectivity index (χ2n) is 2.51. The highest BCUT2D eigenvalue weighted by atomic mass is 35.5. The lowest BCUT2D eigenvalue weighted by Crippen LogP contribution is -2.33. The van der Waals surface area contributed by atoms with Gasteiger partial charge in [-0.1, -0.05) is 11.6 Å². The van der Waals surface area contributed by atoms with E-state index in [0.717, 1.165) is 6.07 Å². The molecule has 1 aromatic carbocycles. The standard InChI is InChI=1S/C8H3ClF5/c9-6-3-1-2-5(4-6)7(10,11)8(12,13)14/h2-4H. The van der Waals surface area contributed by atoms with Crippen LogP contribution in [0, 0.1) is 6.07 Å². The summed E-state index contributed by atoms with van der Waals surface area (Å²) < 4.78 is 60.8. The quantitative estimate of drug-likeness (QED) is 0.643. The van der Waals surface area contributed by atoms with Gasteiger partial charge in [-0.3, -0.25) is 0 Å². The minimum Gasteiger partial charge on any atom is -0.191 e. The Morgan fingerprint density at radius 2 is 1.64 bits per heavy atom. The molecule has 0 aliphatic rings. The largest absolute Gasteiger partial charge is 0.458 e. The maximum Gasteiger partial charge on any atom is 0.458 e. The van der Waals surface area contributed by atoms with Crippen molar-refractivity contribution in [3.8, 4) is 0 Å². The maximum absolute atomic E-state index is 12.6. The molecule has 0 saturated heterocycles. The summed E-state index contributed by atoms with van der Waals surface area (Å²) in [5.74, 6) is -4.89. The summed E-state index contributed by atoms with van der Waals surface area (Å²) in [6, 6.07) is 4.31. The van der Waals surface area contributed by atoms with Gasteiger partial charge in [0.25, 0.3) is 0 Å². The van der Waals surface area contributed by atoms with Crippen molar-refractivity contribution in [3.05, 3.63) is 34.9 Å². The second-order valence-corrected chi connectivity index (χ2v) is 2.95. The van der Waals surface area contributed by atoms with E-state index in [-0.39, 0.29) is 5.02 Å². The van der Waals surface area contributed by atoms with Crippen molar-refractivity contribution in [2.45, 2.75) is 12.1 Å². The molecule has 6 heteroatoms. The Labute approximate surface area is 81.3 Å². The molecule has 1 rings (SSSR count). The molecule has 0 fully saturated rings. The van der Waals surface area contributed by atoms with Crippen LogP contribution in [0.25, 0.3) is 0 Å². The first-order valence-corrected chi connectivity index (χ1v) is 3.74. The van der Waals surface area contributed by atoms with E-state index in [2.05, 4.69) is 6.07 Å². The molecule has 14 heavy (non-hydrogen) atoms. The SMILES string of the molecule is FC(F)(F)C(F)(F)c1c[c]cc(Cl)c1. The Hall–Kier alpha value is -0.840. The average molecular weight is 230 g/mol. The summed E-state index contributed by atoms with van der Waals surface area (Å²) in [5, 5.41) is -0.216. The van der Waals surface area contributed by atoms with Gasteiger partial charge in [0.15, 0.2) is 0 Å². The number of benzene rings is 1. The van der Waals surface area contributed by atoms with Crippen molar-refractivity contribution in [3.63, 3.8) is 0 Å². The first kappa shape index (κ1) is 11.2. The molecule has 0 nitrogen and oxygen atoms in total. The monoisotopic (exact) mass is 229 g/mol. The fourth-order valence-corrected chi connectivity index (χ4v) is 0.968. The average Bonchev–Trinajstić information content (AvgIpc) is 2.02. The molecule has 1 radical (unpaired) electrons. The number of hydrogen-bond donors (Lipinski definition) is 0. The second kappa shape index (κ2) is 3.38. The summed E-state index contributed by atoms with van der Waals surface area (Å²) in [6.07, 6.45) is -5.62. The van der Waals surface area contributed by atoms with Crippen molar-refractivity contribution >= 4 is 11.6 Å². The van der Waals surface area contributed by atoms with E-state index < -0.39 is 17.7 Å². The van der Waals surface area contributed by atoms with E-state index in [1.807, 2.05) is 0 Å². The van der Waals surface area contributed by atoms with E-state index in [0.29, 0.717) is 12.1 Å². The van der Waals surface area contributed by atoms with Crippen LogP contribution >= 0.6 is 11.6 Å². The highest BCUT2D eigenvalue weighted by Crippen LogP contribution is 2.44. The van der Waals surface area contributed by atoms with Gasteiger partial charge in [0.2, 0.25) is 0 Å². The Morgan fingerprint density at radius 3 is 2.07 bits per heavy atom. The fourth-order valence-electron chi connectivity index (χ4n) is 0.788. The first-order chi connectivity index (χ1) is 6.25. The summed E-state index contributed by atoms with van der Waals surface area (Å²) in [7, 11) is 0. The van der Waals surface area contributed by atoms with Crippen LogP contribution in [-0.2, 0) is 5.92 Å². The van der Waals surface area contributed by atoms with Crippen molar-refractivity contribution in [2.75, 3.05) is 0 Å². The van der Waals surface area contributed by atoms with Gasteiger partial charge in [-0.2, -0.15) is 22.0 Å². The number of alkyl halides is 5. The van der Waals surface area contributed by atoms with Gasteiger partial charge >= 0.3 is 12.1 Å². The molecular weight excluding hydrogens is 227 g/mol. The van der Waals surface area contributed by atoms with Crippen LogP contribution in [0.3, 0.4) is 0 Å². The number of rotatable bonds is 1. The molecule has 0 heterocycles. The van der Waals surface area contributed by atoms with Crippen LogP contribution in [0.2, 0.25) is 5.02 Å². The molecule has 0 atom stereocenters. The molecule has 0 aliphatic heterocycles. The highest BCUT2D eigenvalue weighted by Gasteiger charge is 2.58. The summed E-state index contributed by atoms with van der Waals surface area (Å²) in [6.45, 7) is 0. The third kappa shape index (κ3) is 1.97. The molecule has 77 valence electrons. The Balaban J connectivity index is 3.16. The molecular formula is C8H3ClF5. The van der Waals surface area contributed by atoms with Crippen LogP contribution < -0.4 is 0 Å². The molecule has 0 spiro atoms. The van der Waals surface area contributed by atoms with Crippen LogP contribution in [0.1, 0.15) is 5.56 Å². The molecule has 0 N–H and O–H groups in total. The summed E-state index contributed by atoms with van der Waals surface area (Å²) in [5.41, 5.74) is -1.21. The molecule has 0 aromatic heterocycles. The van der Waals surface area contributed by atoms with E-state index in [1.54, 1.807) is 0 Å². The van der Waals surface area contributed by atoms with Crippen molar-refractivity contribution in [2.24, 2.45) is 0 Å². The van der Waals surface area contributed by atoms with Gasteiger partial charge < -0.3 is 0 Å². The maximum atomic E-state index is 12.6. The molecule has 0 saturated carbocycles. The minimum atomic E-state index is -5.62. The zero-order valence-corrected chi connectivity index (χ0v) is 7.26. The Morgan fingerprint density at radius 1 is 1.07 bits per heavy atom. The topological polar surface area (TPSA) is 0 Å². The number of halogens is 6. The smallest absolute Gasteiger partial charge is 0.191 e. The van der Waals surface area contributed by atoms with Crippen LogP contribution in [-0.4, -0.2) is 6.18 Å². The van der Waals surface area contributed by atoms with E-state index >= 15 is 0 Å². The normalized spacial score (nSPS) is 13.0. The molecule has 0 unspecified atom stereocenters. The molecule has 1 aromatic rings. The Kier molecular flexibility index (Phi) is 2.71. The van der Waals surface area contributed by atoms with E-state index in [9.17, 15) is 22.0 Å². The van der Waals surface area contributed by atoms with Crippen molar-refractivity contribution in [1.29, 1.82) is 0 Å². The third-order valence-electron chi connectivity index (χ3n) is 1.47. The molecule has 0 bridgehead atoms. The predicted octanol–water partition coefficient (Wildman–Crippen LogP) is 3.79. The summed E-state index contributed by atoms with van der Waals surface area (Å²) >= 11 is 5.27. The molecule has 0 amide bonds. The van der Waals surface area contributed by atoms with E-state index in [4.69, 9.17) is 11.6 Å². The summed E-state index contributed by atoms with van der Waals surface area (Å²) in [4.78, 5) is 0. The zero-order chi connectivity index (χ0) is 11.0. The van der Waals surface area contributed by atoms with E-state index in [1.165, 1.54) is 0 Å². The lowest BCUT2D eigenvalue weighted by atomic mass is 10.1. The van der Waals surface area contributed by atoms with Crippen molar-refractivity contribution < 1.29 is 22.0 Å².